The lowest BCUT2D eigenvalue weighted by molar-refractivity contribution is 0.785. The van der Waals surface area contributed by atoms with Crippen LogP contribution in [0.1, 0.15) is 18.4 Å². The molecule has 1 aromatic carbocycles. The molecule has 92 valence electrons. The summed E-state index contributed by atoms with van der Waals surface area (Å²) in [5.74, 6) is 1.03. The highest BCUT2D eigenvalue weighted by atomic mass is 35.5. The molecule has 2 aromatic rings. The van der Waals surface area contributed by atoms with Gasteiger partial charge in [0.1, 0.15) is 5.82 Å². The van der Waals surface area contributed by atoms with Crippen molar-refractivity contribution >= 4 is 17.4 Å². The average Bonchev–Trinajstić information content (AvgIpc) is 2.63. The van der Waals surface area contributed by atoms with E-state index in [4.69, 9.17) is 16.6 Å². The fourth-order valence-electron chi connectivity index (χ4n) is 2.30. The van der Waals surface area contributed by atoms with Gasteiger partial charge < -0.3 is 5.32 Å². The molecule has 0 spiro atoms. The Kier molecular flexibility index (Phi) is 3.20. The Morgan fingerprint density at radius 1 is 1.11 bits per heavy atom. The lowest BCUT2D eigenvalue weighted by atomic mass is 10.1. The molecular weight excluding hydrogens is 244 g/mol. The second-order valence-electron chi connectivity index (χ2n) is 4.60. The fourth-order valence-corrected chi connectivity index (χ4v) is 2.49. The lowest BCUT2D eigenvalue weighted by Gasteiger charge is -2.09. The maximum absolute atomic E-state index is 6.02. The van der Waals surface area contributed by atoms with Crippen LogP contribution in [-0.2, 0) is 6.42 Å². The number of aromatic nitrogens is 1. The Labute approximate surface area is 112 Å². The van der Waals surface area contributed by atoms with Crippen LogP contribution in [0.25, 0.3) is 11.3 Å². The minimum Gasteiger partial charge on any atom is -0.370 e. The molecular formula is C15H15ClN2. The molecule has 2 nitrogen and oxygen atoms in total. The van der Waals surface area contributed by atoms with Crippen LogP contribution < -0.4 is 5.32 Å². The number of nitrogens with one attached hydrogen (secondary N) is 1. The van der Waals surface area contributed by atoms with E-state index in [0.717, 1.165) is 35.1 Å². The standard InChI is InChI=1S/C15H15ClN2/c16-13-6-3-5-12(10-13)14-8-7-11-4-1-2-9-17-15(11)18-14/h3,5-8,10H,1-2,4,9H2,(H,17,18). The number of pyridine rings is 1. The number of hydrogen-bond acceptors (Lipinski definition) is 2. The van der Waals surface area contributed by atoms with Crippen LogP contribution in [0.3, 0.4) is 0 Å². The van der Waals surface area contributed by atoms with E-state index in [-0.39, 0.29) is 0 Å². The number of nitrogens with zero attached hydrogens (tertiary/aromatic N) is 1. The summed E-state index contributed by atoms with van der Waals surface area (Å²) >= 11 is 6.02. The Hall–Kier alpha value is -1.54. The lowest BCUT2D eigenvalue weighted by Crippen LogP contribution is -2.02. The Morgan fingerprint density at radius 2 is 2.06 bits per heavy atom. The number of aryl methyl sites for hydroxylation is 1. The van der Waals surface area contributed by atoms with Gasteiger partial charge in [-0.15, -0.1) is 0 Å². The molecule has 0 amide bonds. The van der Waals surface area contributed by atoms with Crippen LogP contribution in [0.2, 0.25) is 5.02 Å². The monoisotopic (exact) mass is 258 g/mol. The molecule has 1 aliphatic heterocycles. The molecule has 1 aliphatic rings. The Morgan fingerprint density at radius 3 is 2.94 bits per heavy atom. The van der Waals surface area contributed by atoms with Crippen molar-refractivity contribution in [2.75, 3.05) is 11.9 Å². The summed E-state index contributed by atoms with van der Waals surface area (Å²) in [6.07, 6.45) is 3.56. The second kappa shape index (κ2) is 4.99. The molecule has 0 atom stereocenters. The third-order valence-corrected chi connectivity index (χ3v) is 3.50. The first-order valence-corrected chi connectivity index (χ1v) is 6.70. The summed E-state index contributed by atoms with van der Waals surface area (Å²) in [4.78, 5) is 4.71. The van der Waals surface area contributed by atoms with Crippen molar-refractivity contribution in [3.05, 3.63) is 47.0 Å². The van der Waals surface area contributed by atoms with Crippen LogP contribution in [0.15, 0.2) is 36.4 Å². The zero-order valence-electron chi connectivity index (χ0n) is 10.1. The summed E-state index contributed by atoms with van der Waals surface area (Å²) in [6.45, 7) is 1.01. The number of fused-ring (bicyclic) bond motifs is 1. The fraction of sp³-hybridized carbons (Fsp3) is 0.267. The number of benzene rings is 1. The van der Waals surface area contributed by atoms with Gasteiger partial charge in [-0.2, -0.15) is 0 Å². The van der Waals surface area contributed by atoms with Gasteiger partial charge in [-0.3, -0.25) is 0 Å². The van der Waals surface area contributed by atoms with E-state index < -0.39 is 0 Å². The molecule has 0 aliphatic carbocycles. The van der Waals surface area contributed by atoms with Crippen LogP contribution in [0.5, 0.6) is 0 Å². The average molecular weight is 259 g/mol. The highest BCUT2D eigenvalue weighted by Crippen LogP contribution is 2.26. The van der Waals surface area contributed by atoms with Gasteiger partial charge in [-0.1, -0.05) is 29.8 Å². The van der Waals surface area contributed by atoms with Crippen LogP contribution in [-0.4, -0.2) is 11.5 Å². The van der Waals surface area contributed by atoms with Crippen LogP contribution >= 0.6 is 11.6 Å². The molecule has 0 saturated heterocycles. The van der Waals surface area contributed by atoms with E-state index >= 15 is 0 Å². The molecule has 0 saturated carbocycles. The first kappa shape index (κ1) is 11.5. The summed E-state index contributed by atoms with van der Waals surface area (Å²) in [5.41, 5.74) is 3.36. The minimum absolute atomic E-state index is 0.747. The van der Waals surface area contributed by atoms with E-state index in [2.05, 4.69) is 17.4 Å². The zero-order chi connectivity index (χ0) is 12.4. The van der Waals surface area contributed by atoms with Crippen molar-refractivity contribution in [2.24, 2.45) is 0 Å². The molecule has 1 aromatic heterocycles. The van der Waals surface area contributed by atoms with Gasteiger partial charge in [0, 0.05) is 17.1 Å². The maximum atomic E-state index is 6.02. The predicted octanol–water partition coefficient (Wildman–Crippen LogP) is 4.15. The van der Waals surface area contributed by atoms with Crippen molar-refractivity contribution in [2.45, 2.75) is 19.3 Å². The highest BCUT2D eigenvalue weighted by Gasteiger charge is 2.10. The predicted molar refractivity (Wildman–Crippen MR) is 76.1 cm³/mol. The molecule has 3 rings (SSSR count). The third-order valence-electron chi connectivity index (χ3n) is 3.26. The Bertz CT molecular complexity index is 566. The molecule has 0 fully saturated rings. The van der Waals surface area contributed by atoms with Crippen LogP contribution in [0, 0.1) is 0 Å². The van der Waals surface area contributed by atoms with Crippen molar-refractivity contribution in [1.82, 2.24) is 4.98 Å². The van der Waals surface area contributed by atoms with Gasteiger partial charge in [-0.05, 0) is 43.0 Å². The smallest absolute Gasteiger partial charge is 0.129 e. The Balaban J connectivity index is 2.01. The largest absolute Gasteiger partial charge is 0.370 e. The van der Waals surface area contributed by atoms with Crippen molar-refractivity contribution in [1.29, 1.82) is 0 Å². The van der Waals surface area contributed by atoms with Gasteiger partial charge in [0.2, 0.25) is 0 Å². The summed E-state index contributed by atoms with van der Waals surface area (Å²) in [7, 11) is 0. The van der Waals surface area contributed by atoms with Crippen molar-refractivity contribution in [3.63, 3.8) is 0 Å². The first-order valence-electron chi connectivity index (χ1n) is 6.33. The number of hydrogen-bond donors (Lipinski definition) is 1. The normalized spacial score (nSPS) is 14.5. The number of rotatable bonds is 1. The molecule has 18 heavy (non-hydrogen) atoms. The van der Waals surface area contributed by atoms with E-state index in [1.807, 2.05) is 24.3 Å². The van der Waals surface area contributed by atoms with Gasteiger partial charge in [0.15, 0.2) is 0 Å². The minimum atomic E-state index is 0.747. The van der Waals surface area contributed by atoms with E-state index in [1.165, 1.54) is 18.4 Å². The SMILES string of the molecule is Clc1cccc(-c2ccc3c(n2)NCCCC3)c1. The number of halogens is 1. The summed E-state index contributed by atoms with van der Waals surface area (Å²) in [6, 6.07) is 12.1. The van der Waals surface area contributed by atoms with E-state index in [9.17, 15) is 0 Å². The topological polar surface area (TPSA) is 24.9 Å². The van der Waals surface area contributed by atoms with Gasteiger partial charge in [0.05, 0.1) is 5.69 Å². The molecule has 0 bridgehead atoms. The third kappa shape index (κ3) is 2.34. The van der Waals surface area contributed by atoms with Crippen molar-refractivity contribution < 1.29 is 0 Å². The van der Waals surface area contributed by atoms with Crippen LogP contribution in [0.4, 0.5) is 5.82 Å². The molecule has 0 unspecified atom stereocenters. The highest BCUT2D eigenvalue weighted by molar-refractivity contribution is 6.30. The summed E-state index contributed by atoms with van der Waals surface area (Å²) in [5, 5.41) is 4.15. The van der Waals surface area contributed by atoms with E-state index in [0.29, 0.717) is 0 Å². The summed E-state index contributed by atoms with van der Waals surface area (Å²) < 4.78 is 0. The molecule has 1 N–H and O–H groups in total. The second-order valence-corrected chi connectivity index (χ2v) is 5.03. The van der Waals surface area contributed by atoms with E-state index in [1.54, 1.807) is 0 Å². The van der Waals surface area contributed by atoms with Gasteiger partial charge >= 0.3 is 0 Å². The van der Waals surface area contributed by atoms with Gasteiger partial charge in [0.25, 0.3) is 0 Å². The maximum Gasteiger partial charge on any atom is 0.129 e. The molecule has 2 heterocycles. The molecule has 0 radical (unpaired) electrons. The quantitative estimate of drug-likeness (QED) is 0.831. The first-order chi connectivity index (χ1) is 8.83. The zero-order valence-corrected chi connectivity index (χ0v) is 10.9. The van der Waals surface area contributed by atoms with Crippen molar-refractivity contribution in [3.8, 4) is 11.3 Å². The van der Waals surface area contributed by atoms with Gasteiger partial charge in [-0.25, -0.2) is 4.98 Å². The molecule has 3 heteroatoms. The number of anilines is 1.